The third-order valence-corrected chi connectivity index (χ3v) is 5.07. The van der Waals surface area contributed by atoms with Gasteiger partial charge in [-0.3, -0.25) is 0 Å². The Morgan fingerprint density at radius 3 is 2.59 bits per heavy atom. The van der Waals surface area contributed by atoms with E-state index in [-0.39, 0.29) is 17.7 Å². The van der Waals surface area contributed by atoms with Gasteiger partial charge >= 0.3 is 0 Å². The van der Waals surface area contributed by atoms with E-state index < -0.39 is 5.82 Å². The second-order valence-electron chi connectivity index (χ2n) is 6.59. The summed E-state index contributed by atoms with van der Waals surface area (Å²) in [5.74, 6) is 0.505. The second kappa shape index (κ2) is 7.26. The van der Waals surface area contributed by atoms with E-state index in [2.05, 4.69) is 10.2 Å². The molecule has 1 aliphatic carbocycles. The number of likely N-dealkylation sites (tertiary alicyclic amines) is 1. The first-order chi connectivity index (χ1) is 10.7. The number of hydrogen-bond acceptors (Lipinski definition) is 3. The van der Waals surface area contributed by atoms with Gasteiger partial charge in [-0.25, -0.2) is 4.39 Å². The lowest BCUT2D eigenvalue weighted by molar-refractivity contribution is 0.167. The van der Waals surface area contributed by atoms with Crippen LogP contribution in [0.5, 0.6) is 0 Å². The van der Waals surface area contributed by atoms with Gasteiger partial charge in [-0.15, -0.1) is 0 Å². The van der Waals surface area contributed by atoms with Crippen molar-refractivity contribution in [3.63, 3.8) is 0 Å². The molecule has 1 heterocycles. The average Bonchev–Trinajstić information content (AvgIpc) is 3.33. The van der Waals surface area contributed by atoms with E-state index in [1.54, 1.807) is 12.1 Å². The number of benzene rings is 1. The van der Waals surface area contributed by atoms with E-state index in [1.165, 1.54) is 25.5 Å². The molecule has 2 N–H and O–H groups in total. The highest BCUT2D eigenvalue weighted by Gasteiger charge is 2.27. The molecule has 122 valence electrons. The molecule has 0 bridgehead atoms. The third-order valence-electron chi connectivity index (χ3n) is 4.77. The summed E-state index contributed by atoms with van der Waals surface area (Å²) in [4.78, 5) is 2.55. The smallest absolute Gasteiger partial charge is 0.142 e. The van der Waals surface area contributed by atoms with Crippen LogP contribution in [0.15, 0.2) is 18.2 Å². The third kappa shape index (κ3) is 4.19. The van der Waals surface area contributed by atoms with Crippen molar-refractivity contribution in [2.24, 2.45) is 5.92 Å². The fraction of sp³-hybridized carbons (Fsp3) is 0.647. The topological polar surface area (TPSA) is 35.5 Å². The van der Waals surface area contributed by atoms with E-state index in [9.17, 15) is 9.50 Å². The molecule has 1 saturated heterocycles. The van der Waals surface area contributed by atoms with Crippen LogP contribution < -0.4 is 5.32 Å². The van der Waals surface area contributed by atoms with Crippen molar-refractivity contribution in [2.45, 2.75) is 37.8 Å². The molecule has 2 fully saturated rings. The van der Waals surface area contributed by atoms with Gasteiger partial charge in [-0.1, -0.05) is 17.7 Å². The van der Waals surface area contributed by atoms with Crippen molar-refractivity contribution in [1.29, 1.82) is 0 Å². The minimum absolute atomic E-state index is 0.0383. The Morgan fingerprint density at radius 2 is 2.00 bits per heavy atom. The van der Waals surface area contributed by atoms with E-state index in [1.807, 2.05) is 0 Å². The average molecular weight is 327 g/mol. The first kappa shape index (κ1) is 16.2. The van der Waals surface area contributed by atoms with Crippen LogP contribution >= 0.6 is 11.6 Å². The molecule has 3 rings (SSSR count). The zero-order valence-electron chi connectivity index (χ0n) is 12.8. The molecular weight excluding hydrogens is 303 g/mol. The molecule has 5 heteroatoms. The van der Waals surface area contributed by atoms with Crippen LogP contribution in [-0.4, -0.2) is 42.3 Å². The molecule has 1 aromatic rings. The first-order valence-corrected chi connectivity index (χ1v) is 8.57. The quantitative estimate of drug-likeness (QED) is 0.843. The standard InChI is InChI=1S/C17H24ClFN2O/c18-15-4-3-13(9-16(15)19)17(11-22)20-14-5-7-21(8-6-14)10-12-1-2-12/h3-4,9,12,14,17,20,22H,1-2,5-8,10-11H2. The summed E-state index contributed by atoms with van der Waals surface area (Å²) < 4.78 is 13.6. The fourth-order valence-corrected chi connectivity index (χ4v) is 3.33. The van der Waals surface area contributed by atoms with Gasteiger partial charge in [0.05, 0.1) is 17.7 Å². The molecule has 0 spiro atoms. The van der Waals surface area contributed by atoms with Crippen molar-refractivity contribution in [1.82, 2.24) is 10.2 Å². The molecular formula is C17H24ClFN2O. The van der Waals surface area contributed by atoms with Crippen LogP contribution in [0.3, 0.4) is 0 Å². The molecule has 2 aliphatic rings. The Kier molecular flexibility index (Phi) is 5.34. The predicted molar refractivity (Wildman–Crippen MR) is 86.6 cm³/mol. The Bertz CT molecular complexity index is 501. The minimum Gasteiger partial charge on any atom is -0.394 e. The molecule has 22 heavy (non-hydrogen) atoms. The van der Waals surface area contributed by atoms with Crippen LogP contribution in [0.4, 0.5) is 4.39 Å². The Morgan fingerprint density at radius 1 is 1.27 bits per heavy atom. The monoisotopic (exact) mass is 326 g/mol. The maximum Gasteiger partial charge on any atom is 0.142 e. The molecule has 1 unspecified atom stereocenters. The maximum atomic E-state index is 13.6. The van der Waals surface area contributed by atoms with E-state index in [0.717, 1.165) is 37.4 Å². The van der Waals surface area contributed by atoms with Crippen molar-refractivity contribution in [3.05, 3.63) is 34.6 Å². The number of aliphatic hydroxyl groups excluding tert-OH is 1. The lowest BCUT2D eigenvalue weighted by atomic mass is 10.0. The summed E-state index contributed by atoms with van der Waals surface area (Å²) in [6.07, 6.45) is 4.96. The molecule has 0 aromatic heterocycles. The van der Waals surface area contributed by atoms with Gasteiger partial charge in [0.2, 0.25) is 0 Å². The number of piperidine rings is 1. The number of rotatable bonds is 6. The van der Waals surface area contributed by atoms with Crippen LogP contribution in [0.2, 0.25) is 5.02 Å². The molecule has 0 radical (unpaired) electrons. The Labute approximate surface area is 136 Å². The van der Waals surface area contributed by atoms with Crippen LogP contribution in [0, 0.1) is 11.7 Å². The SMILES string of the molecule is OCC(NC1CCN(CC2CC2)CC1)c1ccc(Cl)c(F)c1. The zero-order valence-corrected chi connectivity index (χ0v) is 13.5. The van der Waals surface area contributed by atoms with Gasteiger partial charge in [0.1, 0.15) is 5.82 Å². The van der Waals surface area contributed by atoms with Gasteiger partial charge in [-0.2, -0.15) is 0 Å². The van der Waals surface area contributed by atoms with Crippen LogP contribution in [0.1, 0.15) is 37.3 Å². The van der Waals surface area contributed by atoms with Gasteiger partial charge in [0.15, 0.2) is 0 Å². The van der Waals surface area contributed by atoms with Crippen molar-refractivity contribution in [3.8, 4) is 0 Å². The summed E-state index contributed by atoms with van der Waals surface area (Å²) in [5.41, 5.74) is 0.754. The van der Waals surface area contributed by atoms with Gasteiger partial charge in [0, 0.05) is 12.6 Å². The van der Waals surface area contributed by atoms with Gasteiger partial charge in [-0.05, 0) is 62.4 Å². The van der Waals surface area contributed by atoms with Crippen LogP contribution in [-0.2, 0) is 0 Å². The van der Waals surface area contributed by atoms with Crippen molar-refractivity contribution in [2.75, 3.05) is 26.2 Å². The molecule has 0 amide bonds. The lowest BCUT2D eigenvalue weighted by Crippen LogP contribution is -2.44. The molecule has 1 aliphatic heterocycles. The number of hydrogen-bond donors (Lipinski definition) is 2. The van der Waals surface area contributed by atoms with E-state index >= 15 is 0 Å². The molecule has 1 aromatic carbocycles. The summed E-state index contributed by atoms with van der Waals surface area (Å²) in [5, 5.41) is 13.2. The first-order valence-electron chi connectivity index (χ1n) is 8.20. The van der Waals surface area contributed by atoms with Gasteiger partial charge in [0.25, 0.3) is 0 Å². The minimum atomic E-state index is -0.432. The number of aliphatic hydroxyl groups is 1. The normalized spacial score (nSPS) is 22.0. The fourth-order valence-electron chi connectivity index (χ4n) is 3.22. The molecule has 3 nitrogen and oxygen atoms in total. The van der Waals surface area contributed by atoms with E-state index in [4.69, 9.17) is 11.6 Å². The summed E-state index contributed by atoms with van der Waals surface area (Å²) >= 11 is 5.72. The van der Waals surface area contributed by atoms with E-state index in [0.29, 0.717) is 6.04 Å². The molecule has 1 saturated carbocycles. The maximum absolute atomic E-state index is 13.6. The Balaban J connectivity index is 1.53. The number of halogens is 2. The highest BCUT2D eigenvalue weighted by molar-refractivity contribution is 6.30. The Hall–Kier alpha value is -0.680. The summed E-state index contributed by atoms with van der Waals surface area (Å²) in [6, 6.07) is 4.90. The van der Waals surface area contributed by atoms with Gasteiger partial charge < -0.3 is 15.3 Å². The highest BCUT2D eigenvalue weighted by Crippen LogP contribution is 2.30. The second-order valence-corrected chi connectivity index (χ2v) is 7.00. The number of nitrogens with one attached hydrogen (secondary N) is 1. The lowest BCUT2D eigenvalue weighted by Gasteiger charge is -2.34. The summed E-state index contributed by atoms with van der Waals surface area (Å²) in [6.45, 7) is 3.44. The largest absolute Gasteiger partial charge is 0.394 e. The van der Waals surface area contributed by atoms with Crippen molar-refractivity contribution < 1.29 is 9.50 Å². The number of nitrogens with zero attached hydrogens (tertiary/aromatic N) is 1. The summed E-state index contributed by atoms with van der Waals surface area (Å²) in [7, 11) is 0. The predicted octanol–water partition coefficient (Wildman–Crippen LogP) is 2.98. The van der Waals surface area contributed by atoms with Crippen molar-refractivity contribution >= 4 is 11.6 Å². The van der Waals surface area contributed by atoms with Crippen LogP contribution in [0.25, 0.3) is 0 Å². The highest BCUT2D eigenvalue weighted by atomic mass is 35.5. The molecule has 1 atom stereocenters. The zero-order chi connectivity index (χ0) is 15.5.